The van der Waals surface area contributed by atoms with Crippen molar-refractivity contribution in [2.45, 2.75) is 45.1 Å². The van der Waals surface area contributed by atoms with Crippen LogP contribution in [0.15, 0.2) is 22.5 Å². The molecule has 6 nitrogen and oxygen atoms in total. The van der Waals surface area contributed by atoms with Gasteiger partial charge in [0, 0.05) is 43.0 Å². The summed E-state index contributed by atoms with van der Waals surface area (Å²) in [6.07, 6.45) is 1.60. The van der Waals surface area contributed by atoms with Gasteiger partial charge in [-0.15, -0.1) is 11.3 Å². The van der Waals surface area contributed by atoms with Gasteiger partial charge in [0.25, 0.3) is 0 Å². The van der Waals surface area contributed by atoms with Gasteiger partial charge in [-0.25, -0.2) is 12.7 Å². The average Bonchev–Trinajstić information content (AvgIpc) is 3.14. The van der Waals surface area contributed by atoms with Crippen molar-refractivity contribution in [3.05, 3.63) is 22.4 Å². The molecular formula is C17H30N4O2S2. The first kappa shape index (κ1) is 20.2. The molecule has 2 rings (SSSR count). The molecule has 0 radical (unpaired) electrons. The van der Waals surface area contributed by atoms with Crippen LogP contribution in [0.25, 0.3) is 0 Å². The van der Waals surface area contributed by atoms with Crippen LogP contribution in [0.1, 0.15) is 38.5 Å². The highest BCUT2D eigenvalue weighted by Crippen LogP contribution is 2.26. The first-order valence-corrected chi connectivity index (χ1v) is 11.3. The second kappa shape index (κ2) is 8.51. The molecule has 0 atom stereocenters. The number of nitrogens with one attached hydrogen (secondary N) is 2. The summed E-state index contributed by atoms with van der Waals surface area (Å²) in [6, 6.07) is 4.48. The van der Waals surface area contributed by atoms with Crippen molar-refractivity contribution in [2.75, 3.05) is 32.4 Å². The first-order valence-electron chi connectivity index (χ1n) is 8.77. The molecule has 1 aliphatic rings. The molecule has 0 amide bonds. The molecule has 25 heavy (non-hydrogen) atoms. The van der Waals surface area contributed by atoms with Crippen LogP contribution in [-0.4, -0.2) is 57.2 Å². The number of sulfonamides is 1. The molecule has 2 heterocycles. The van der Waals surface area contributed by atoms with E-state index < -0.39 is 10.0 Å². The van der Waals surface area contributed by atoms with Crippen molar-refractivity contribution in [2.24, 2.45) is 4.99 Å². The Bertz CT molecular complexity index is 661. The van der Waals surface area contributed by atoms with Gasteiger partial charge in [-0.05, 0) is 31.2 Å². The van der Waals surface area contributed by atoms with E-state index in [1.807, 2.05) is 0 Å². The third-order valence-corrected chi connectivity index (χ3v) is 7.78. The van der Waals surface area contributed by atoms with E-state index in [9.17, 15) is 8.42 Å². The van der Waals surface area contributed by atoms with E-state index >= 15 is 0 Å². The van der Waals surface area contributed by atoms with Crippen LogP contribution in [0.2, 0.25) is 0 Å². The third kappa shape index (κ3) is 5.43. The molecule has 1 aromatic rings. The summed E-state index contributed by atoms with van der Waals surface area (Å²) >= 11 is 1.77. The summed E-state index contributed by atoms with van der Waals surface area (Å²) in [5, 5.41) is 8.95. The number of nitrogens with zero attached hydrogens (tertiary/aromatic N) is 2. The molecule has 142 valence electrons. The fourth-order valence-electron chi connectivity index (χ4n) is 2.90. The van der Waals surface area contributed by atoms with E-state index in [-0.39, 0.29) is 17.2 Å². The van der Waals surface area contributed by atoms with Gasteiger partial charge in [0.1, 0.15) is 0 Å². The Balaban J connectivity index is 1.83. The molecule has 0 unspecified atom stereocenters. The lowest BCUT2D eigenvalue weighted by Gasteiger charge is -2.33. The van der Waals surface area contributed by atoms with E-state index in [1.165, 1.54) is 4.88 Å². The number of guanidine groups is 1. The van der Waals surface area contributed by atoms with Gasteiger partial charge in [0.15, 0.2) is 5.96 Å². The van der Waals surface area contributed by atoms with Crippen molar-refractivity contribution in [3.8, 4) is 0 Å². The molecule has 1 fully saturated rings. The molecule has 8 heteroatoms. The second-order valence-electron chi connectivity index (χ2n) is 7.01. The highest BCUT2D eigenvalue weighted by atomic mass is 32.2. The summed E-state index contributed by atoms with van der Waals surface area (Å²) in [6.45, 7) is 8.06. The monoisotopic (exact) mass is 386 g/mol. The number of rotatable bonds is 6. The Morgan fingerprint density at radius 3 is 2.60 bits per heavy atom. The SMILES string of the molecule is CCS(=O)(=O)N1CCC(NC(=NC)NCC(C)(C)c2cccs2)CC1. The summed E-state index contributed by atoms with van der Waals surface area (Å²) in [4.78, 5) is 5.66. The Labute approximate surface area is 155 Å². The van der Waals surface area contributed by atoms with Gasteiger partial charge in [0.05, 0.1) is 5.75 Å². The van der Waals surface area contributed by atoms with Gasteiger partial charge in [-0.2, -0.15) is 0 Å². The minimum Gasteiger partial charge on any atom is -0.356 e. The van der Waals surface area contributed by atoms with E-state index in [1.54, 1.807) is 29.6 Å². The van der Waals surface area contributed by atoms with E-state index in [4.69, 9.17) is 0 Å². The van der Waals surface area contributed by atoms with Gasteiger partial charge in [-0.1, -0.05) is 19.9 Å². The minimum absolute atomic E-state index is 0.0321. The normalized spacial score (nSPS) is 18.3. The summed E-state index contributed by atoms with van der Waals surface area (Å²) < 4.78 is 25.5. The zero-order valence-corrected chi connectivity index (χ0v) is 17.2. The minimum atomic E-state index is -3.07. The molecule has 1 saturated heterocycles. The molecule has 2 N–H and O–H groups in total. The topological polar surface area (TPSA) is 73.8 Å². The van der Waals surface area contributed by atoms with Gasteiger partial charge in [0.2, 0.25) is 10.0 Å². The molecular weight excluding hydrogens is 356 g/mol. The van der Waals surface area contributed by atoms with Crippen LogP contribution in [0.4, 0.5) is 0 Å². The largest absolute Gasteiger partial charge is 0.356 e. The number of aliphatic imine (C=N–C) groups is 1. The van der Waals surface area contributed by atoms with E-state index in [0.717, 1.165) is 25.3 Å². The lowest BCUT2D eigenvalue weighted by Crippen LogP contribution is -2.51. The van der Waals surface area contributed by atoms with Crippen LogP contribution in [0, 0.1) is 0 Å². The predicted octanol–water partition coefficient (Wildman–Crippen LogP) is 2.00. The third-order valence-electron chi connectivity index (χ3n) is 4.66. The molecule has 0 aliphatic carbocycles. The number of hydrogen-bond acceptors (Lipinski definition) is 4. The van der Waals surface area contributed by atoms with Crippen molar-refractivity contribution in [3.63, 3.8) is 0 Å². The fourth-order valence-corrected chi connectivity index (χ4v) is 4.89. The first-order chi connectivity index (χ1) is 11.8. The standard InChI is InChI=1S/C17H30N4O2S2/c1-5-25(22,23)21-10-8-14(9-11-21)20-16(18-4)19-13-17(2,3)15-7-6-12-24-15/h6-7,12,14H,5,8-11,13H2,1-4H3,(H2,18,19,20). The zero-order chi connectivity index (χ0) is 18.5. The van der Waals surface area contributed by atoms with Crippen LogP contribution >= 0.6 is 11.3 Å². The maximum atomic E-state index is 11.9. The molecule has 1 aliphatic heterocycles. The van der Waals surface area contributed by atoms with Crippen molar-refractivity contribution >= 4 is 27.3 Å². The van der Waals surface area contributed by atoms with Gasteiger partial charge < -0.3 is 10.6 Å². The van der Waals surface area contributed by atoms with Crippen molar-refractivity contribution < 1.29 is 8.42 Å². The van der Waals surface area contributed by atoms with Crippen LogP contribution in [-0.2, 0) is 15.4 Å². The quantitative estimate of drug-likeness (QED) is 0.579. The Morgan fingerprint density at radius 2 is 2.08 bits per heavy atom. The maximum Gasteiger partial charge on any atom is 0.213 e. The van der Waals surface area contributed by atoms with E-state index in [0.29, 0.717) is 13.1 Å². The van der Waals surface area contributed by atoms with E-state index in [2.05, 4.69) is 47.0 Å². The average molecular weight is 387 g/mol. The second-order valence-corrected chi connectivity index (χ2v) is 10.2. The van der Waals surface area contributed by atoms with Crippen molar-refractivity contribution in [1.82, 2.24) is 14.9 Å². The van der Waals surface area contributed by atoms with Gasteiger partial charge >= 0.3 is 0 Å². The van der Waals surface area contributed by atoms with Crippen LogP contribution in [0.3, 0.4) is 0 Å². The fraction of sp³-hybridized carbons (Fsp3) is 0.706. The molecule has 0 saturated carbocycles. The highest BCUT2D eigenvalue weighted by molar-refractivity contribution is 7.89. The number of hydrogen-bond donors (Lipinski definition) is 2. The predicted molar refractivity (Wildman–Crippen MR) is 106 cm³/mol. The summed E-state index contributed by atoms with van der Waals surface area (Å²) in [5.41, 5.74) is 0.0321. The molecule has 0 spiro atoms. The number of piperidine rings is 1. The van der Waals surface area contributed by atoms with Crippen LogP contribution < -0.4 is 10.6 Å². The Hall–Kier alpha value is -1.12. The Morgan fingerprint density at radius 1 is 1.40 bits per heavy atom. The van der Waals surface area contributed by atoms with Crippen LogP contribution in [0.5, 0.6) is 0 Å². The molecule has 1 aromatic heterocycles. The maximum absolute atomic E-state index is 11.9. The van der Waals surface area contributed by atoms with Crippen molar-refractivity contribution in [1.29, 1.82) is 0 Å². The summed E-state index contributed by atoms with van der Waals surface area (Å²) in [5.74, 6) is 0.952. The lowest BCUT2D eigenvalue weighted by atomic mass is 9.91. The Kier molecular flexibility index (Phi) is 6.87. The summed E-state index contributed by atoms with van der Waals surface area (Å²) in [7, 11) is -1.30. The molecule has 0 aromatic carbocycles. The lowest BCUT2D eigenvalue weighted by molar-refractivity contribution is 0.306. The molecule has 0 bridgehead atoms. The smallest absolute Gasteiger partial charge is 0.213 e. The highest BCUT2D eigenvalue weighted by Gasteiger charge is 2.27. The zero-order valence-electron chi connectivity index (χ0n) is 15.6. The van der Waals surface area contributed by atoms with Gasteiger partial charge in [-0.3, -0.25) is 4.99 Å². The number of thiophene rings is 1.